The third kappa shape index (κ3) is 20.8. The number of likely N-dealkylation sites (N-methyl/N-ethyl adjacent to an activating group) is 1. The first-order chi connectivity index (χ1) is 43.3. The summed E-state index contributed by atoms with van der Waals surface area (Å²) in [4.78, 5) is 150. The van der Waals surface area contributed by atoms with Crippen molar-refractivity contribution in [2.45, 2.75) is 127 Å². The van der Waals surface area contributed by atoms with E-state index in [1.54, 1.807) is 93.0 Å². The van der Waals surface area contributed by atoms with E-state index in [0.717, 1.165) is 28.2 Å². The van der Waals surface area contributed by atoms with Gasteiger partial charge in [0.1, 0.15) is 48.0 Å². The molecule has 29 nitrogen and oxygen atoms in total. The number of hydrogen-bond acceptors (Lipinski definition) is 14. The van der Waals surface area contributed by atoms with Crippen molar-refractivity contribution in [3.8, 4) is 5.75 Å². The van der Waals surface area contributed by atoms with Crippen LogP contribution in [0.2, 0.25) is 0 Å². The van der Waals surface area contributed by atoms with E-state index in [1.165, 1.54) is 19.2 Å². The van der Waals surface area contributed by atoms with Crippen molar-refractivity contribution in [2.24, 2.45) is 39.6 Å². The average molecular weight is 1260 g/mol. The monoisotopic (exact) mass is 1260 g/mol. The molecule has 6 rings (SSSR count). The average Bonchev–Trinajstić information content (AvgIpc) is 1.85. The van der Waals surface area contributed by atoms with Gasteiger partial charge >= 0.3 is 6.03 Å². The largest absolute Gasteiger partial charge is 0.508 e. The van der Waals surface area contributed by atoms with Gasteiger partial charge in [0.2, 0.25) is 47.3 Å². The fourth-order valence-corrected chi connectivity index (χ4v) is 10.1. The summed E-state index contributed by atoms with van der Waals surface area (Å²) in [6.45, 7) is 4.79. The third-order valence-electron chi connectivity index (χ3n) is 14.9. The number of nitrogens with two attached hydrogens (primary N) is 5. The molecule has 22 N–H and O–H groups in total. The number of hydrazine groups is 1. The second-order valence-corrected chi connectivity index (χ2v) is 22.5. The molecule has 0 saturated carbocycles. The lowest BCUT2D eigenvalue weighted by Gasteiger charge is -2.32. The Kier molecular flexibility index (Phi) is 25.3. The number of aliphatic imine (C=N–C) groups is 1. The number of rotatable bonds is 32. The number of aromatic hydroxyl groups is 1. The number of hydrogen-bond donors (Lipinski definition) is 17. The molecule has 4 aromatic carbocycles. The van der Waals surface area contributed by atoms with Crippen LogP contribution in [0, 0.1) is 5.92 Å². The van der Waals surface area contributed by atoms with Crippen LogP contribution >= 0.6 is 0 Å². The molecule has 0 saturated heterocycles. The Labute approximate surface area is 524 Å². The summed E-state index contributed by atoms with van der Waals surface area (Å²) in [6.07, 6.45) is 0.687. The lowest BCUT2D eigenvalue weighted by molar-refractivity contribution is -0.141. The molecule has 29 heteroatoms. The molecule has 486 valence electrons. The lowest BCUT2D eigenvalue weighted by atomic mass is 10.0. The molecule has 0 aliphatic heterocycles. The number of para-hydroxylation sites is 2. The van der Waals surface area contributed by atoms with Crippen LogP contribution in [0.1, 0.15) is 68.7 Å². The first-order valence-corrected chi connectivity index (χ1v) is 29.4. The molecule has 0 radical (unpaired) electrons. The minimum Gasteiger partial charge on any atom is -0.508 e. The first kappa shape index (κ1) is 69.5. The molecule has 0 spiro atoms. The van der Waals surface area contributed by atoms with Gasteiger partial charge in [0, 0.05) is 67.1 Å². The van der Waals surface area contributed by atoms with Gasteiger partial charge in [0.25, 0.3) is 5.91 Å². The number of phenolic OH excluding ortho intramolecular Hbond substituents is 1. The molecule has 11 amide bonds. The highest BCUT2D eigenvalue weighted by Gasteiger charge is 2.37. The number of carbonyl (C=O) groups is 10. The van der Waals surface area contributed by atoms with Crippen molar-refractivity contribution >= 4 is 87.0 Å². The Balaban J connectivity index is 1.15. The Hall–Kier alpha value is -10.6. The van der Waals surface area contributed by atoms with Crippen molar-refractivity contribution < 1.29 is 58.2 Å². The van der Waals surface area contributed by atoms with Gasteiger partial charge in [-0.1, -0.05) is 92.7 Å². The maximum Gasteiger partial charge on any atom is 0.334 e. The number of fused-ring (bicyclic) bond motifs is 2. The number of phenols is 1. The zero-order chi connectivity index (χ0) is 66.5. The third-order valence-corrected chi connectivity index (χ3v) is 14.9. The van der Waals surface area contributed by atoms with Crippen molar-refractivity contribution in [1.29, 1.82) is 0 Å². The Bertz CT molecular complexity index is 3550. The maximum atomic E-state index is 14.5. The van der Waals surface area contributed by atoms with Gasteiger partial charge in [-0.25, -0.2) is 10.2 Å². The van der Waals surface area contributed by atoms with E-state index in [1.807, 2.05) is 24.3 Å². The number of aromatic nitrogens is 2. The molecular weight excluding hydrogens is 1170 g/mol. The highest BCUT2D eigenvalue weighted by atomic mass is 16.3. The smallest absolute Gasteiger partial charge is 0.334 e. The van der Waals surface area contributed by atoms with Crippen LogP contribution in [0.3, 0.4) is 0 Å². The maximum absolute atomic E-state index is 14.5. The van der Waals surface area contributed by atoms with Crippen molar-refractivity contribution in [2.75, 3.05) is 13.6 Å². The van der Waals surface area contributed by atoms with Crippen molar-refractivity contribution in [1.82, 2.24) is 57.6 Å². The van der Waals surface area contributed by atoms with Gasteiger partial charge in [-0.3, -0.25) is 53.6 Å². The van der Waals surface area contributed by atoms with Gasteiger partial charge in [-0.05, 0) is 85.0 Å². The van der Waals surface area contributed by atoms with E-state index in [4.69, 9.17) is 28.7 Å². The molecule has 0 bridgehead atoms. The summed E-state index contributed by atoms with van der Waals surface area (Å²) in [5.41, 5.74) is 37.1. The van der Waals surface area contributed by atoms with Gasteiger partial charge < -0.3 is 85.6 Å². The Morgan fingerprint density at radius 3 is 1.66 bits per heavy atom. The summed E-state index contributed by atoms with van der Waals surface area (Å²) in [5, 5.41) is 37.4. The normalized spacial score (nSPS) is 14.1. The molecule has 0 aliphatic carbocycles. The molecule has 2 heterocycles. The summed E-state index contributed by atoms with van der Waals surface area (Å²) in [6, 6.07) is 16.1. The van der Waals surface area contributed by atoms with Crippen molar-refractivity contribution in [3.63, 3.8) is 0 Å². The van der Waals surface area contributed by atoms with E-state index in [0.29, 0.717) is 27.6 Å². The zero-order valence-corrected chi connectivity index (χ0v) is 50.9. The van der Waals surface area contributed by atoms with Crippen LogP contribution in [0.15, 0.2) is 121 Å². The number of carbonyl (C=O) groups excluding carboxylic acids is 10. The lowest BCUT2D eigenvalue weighted by Crippen LogP contribution is -2.62. The minimum absolute atomic E-state index is 0.00210. The number of nitrogens with one attached hydrogen (secondary N) is 10. The SMILES string of the molecule is CC(C)C[C@H](NC(=O)NNC(=O)[C@H](Cc1ccccc1)NC(=O)[C@@H](NC(=O)[C@H](CC(N)=O)NC(=O)[C@@H](Cc1c[nH]c2ccccc12)NC(=O)[C@H](N)Cc1ccc(O)cc1)[C@@H](C)O)C(=O)N(C)[C@@H](CCCN=C(N)N)C(=O)N[C@@H](Cc1c[nH]c2ccccc12)C(N)=O. The molecule has 9 atom stereocenters. The summed E-state index contributed by atoms with van der Waals surface area (Å²) < 4.78 is 0. The number of nitrogens with zero attached hydrogens (tertiary/aromatic N) is 2. The highest BCUT2D eigenvalue weighted by Crippen LogP contribution is 2.22. The first-order valence-electron chi connectivity index (χ1n) is 29.4. The second-order valence-electron chi connectivity index (χ2n) is 22.5. The number of H-pyrrole nitrogens is 2. The molecule has 91 heavy (non-hydrogen) atoms. The molecular formula is C62H81N17O12. The van der Waals surface area contributed by atoms with Crippen LogP contribution in [-0.4, -0.2) is 158 Å². The van der Waals surface area contributed by atoms with E-state index in [9.17, 15) is 58.2 Å². The van der Waals surface area contributed by atoms with Crippen LogP contribution < -0.4 is 71.4 Å². The fourth-order valence-electron chi connectivity index (χ4n) is 10.1. The topological polar surface area (TPSA) is 485 Å². The minimum atomic E-state index is -1.87. The van der Waals surface area contributed by atoms with E-state index < -0.39 is 120 Å². The van der Waals surface area contributed by atoms with E-state index in [2.05, 4.69) is 57.7 Å². The number of benzene rings is 4. The number of guanidine groups is 1. The number of aliphatic hydroxyl groups is 1. The standard InChI is InChI=1S/C62H81N17O12/c1-33(2)25-49(60(90)79(4)50(19-12-24-68-61(66)67)58(88)71-45(53(65)83)28-37-31-69-43-17-10-8-15-40(37)43)75-62(91)78-77-57(87)46(27-35-13-6-5-7-14-35)74-59(89)52(34(3)80)76-56(86)48(30-51(64)82)73-55(85)47(29-38-32-70-44-18-11-9-16-41(38)44)72-54(84)42(63)26-36-20-22-39(81)23-21-36/h5-11,13-18,20-23,31-34,42,45-50,52,69-70,80-81H,12,19,24-30,63H2,1-4H3,(H2,64,82)(H2,65,83)(H,71,88)(H,72,84)(H,73,85)(H,74,89)(H,76,86)(H,77,87)(H4,66,67,68)(H2,75,78,91)/t34-,42-,45+,46+,47-,48+,49+,50+,52+/m1/s1. The van der Waals surface area contributed by atoms with Gasteiger partial charge in [-0.2, -0.15) is 0 Å². The van der Waals surface area contributed by atoms with E-state index in [-0.39, 0.29) is 69.1 Å². The van der Waals surface area contributed by atoms with Gasteiger partial charge in [0.05, 0.1) is 18.6 Å². The number of primary amides is 2. The molecule has 0 unspecified atom stereocenters. The number of urea groups is 1. The van der Waals surface area contributed by atoms with Crippen molar-refractivity contribution in [3.05, 3.63) is 138 Å². The Morgan fingerprint density at radius 1 is 0.560 bits per heavy atom. The number of amides is 11. The molecule has 6 aromatic rings. The van der Waals surface area contributed by atoms with Gasteiger partial charge in [-0.15, -0.1) is 0 Å². The number of aromatic amines is 2. The molecule has 0 aliphatic rings. The summed E-state index contributed by atoms with van der Waals surface area (Å²) in [5.74, 6) is -8.86. The number of aliphatic hydroxyl groups excluding tert-OH is 1. The van der Waals surface area contributed by atoms with Crippen LogP contribution in [-0.2, 0) is 68.8 Å². The molecule has 2 aromatic heterocycles. The van der Waals surface area contributed by atoms with Gasteiger partial charge in [0.15, 0.2) is 5.96 Å². The predicted octanol–water partition coefficient (Wildman–Crippen LogP) is -1.26. The molecule has 0 fully saturated rings. The predicted molar refractivity (Wildman–Crippen MR) is 338 cm³/mol. The zero-order valence-electron chi connectivity index (χ0n) is 50.9. The fraction of sp³-hybridized carbons (Fsp3) is 0.371. The quantitative estimate of drug-likeness (QED) is 0.0102. The van der Waals surface area contributed by atoms with Crippen LogP contribution in [0.5, 0.6) is 5.75 Å². The Morgan fingerprint density at radius 2 is 1.09 bits per heavy atom. The summed E-state index contributed by atoms with van der Waals surface area (Å²) >= 11 is 0. The van der Waals surface area contributed by atoms with Crippen LogP contribution in [0.25, 0.3) is 21.8 Å². The summed E-state index contributed by atoms with van der Waals surface area (Å²) in [7, 11) is 1.35. The second kappa shape index (κ2) is 33.2. The van der Waals surface area contributed by atoms with Crippen LogP contribution in [0.4, 0.5) is 4.79 Å². The highest BCUT2D eigenvalue weighted by molar-refractivity contribution is 5.99. The van der Waals surface area contributed by atoms with E-state index >= 15 is 0 Å².